The number of aliphatic carboxylic acids is 1. The summed E-state index contributed by atoms with van der Waals surface area (Å²) in [7, 11) is 0. The number of fused-ring (bicyclic) bond motifs is 1. The van der Waals surface area contributed by atoms with Crippen LogP contribution in [0.3, 0.4) is 0 Å². The zero-order chi connectivity index (χ0) is 16.4. The van der Waals surface area contributed by atoms with E-state index in [2.05, 4.69) is 0 Å². The Morgan fingerprint density at radius 2 is 1.35 bits per heavy atom. The standard InChI is InChI=1S/C17H14N2O4/c20-15(12-6-2-1-3-7-12)10-18-13-8-4-5-9-14(13)19(17(18)23)11-16(21)22/h1-9H,10-11H2,(H,21,22). The van der Waals surface area contributed by atoms with Gasteiger partial charge in [0.25, 0.3) is 0 Å². The maximum absolute atomic E-state index is 12.5. The molecule has 0 atom stereocenters. The number of para-hydroxylation sites is 2. The largest absolute Gasteiger partial charge is 0.480 e. The molecule has 0 saturated carbocycles. The van der Waals surface area contributed by atoms with Crippen molar-refractivity contribution in [3.63, 3.8) is 0 Å². The summed E-state index contributed by atoms with van der Waals surface area (Å²) < 4.78 is 2.48. The van der Waals surface area contributed by atoms with Gasteiger partial charge in [-0.05, 0) is 12.1 Å². The van der Waals surface area contributed by atoms with E-state index in [1.165, 1.54) is 4.57 Å². The van der Waals surface area contributed by atoms with Crippen LogP contribution in [0.5, 0.6) is 0 Å². The topological polar surface area (TPSA) is 81.3 Å². The number of rotatable bonds is 5. The normalized spacial score (nSPS) is 10.8. The lowest BCUT2D eigenvalue weighted by Gasteiger charge is -2.03. The van der Waals surface area contributed by atoms with E-state index in [-0.39, 0.29) is 12.3 Å². The summed E-state index contributed by atoms with van der Waals surface area (Å²) >= 11 is 0. The van der Waals surface area contributed by atoms with E-state index in [1.54, 1.807) is 48.5 Å². The molecule has 6 nitrogen and oxygen atoms in total. The Bertz CT molecular complexity index is 938. The first-order chi connectivity index (χ1) is 11.1. The van der Waals surface area contributed by atoms with Crippen molar-refractivity contribution in [3.05, 3.63) is 70.6 Å². The molecular weight excluding hydrogens is 296 g/mol. The van der Waals surface area contributed by atoms with Gasteiger partial charge >= 0.3 is 11.7 Å². The lowest BCUT2D eigenvalue weighted by Crippen LogP contribution is -2.29. The zero-order valence-corrected chi connectivity index (χ0v) is 12.2. The maximum Gasteiger partial charge on any atom is 0.330 e. The van der Waals surface area contributed by atoms with Crippen LogP contribution in [0.4, 0.5) is 0 Å². The summed E-state index contributed by atoms with van der Waals surface area (Å²) in [5.41, 5.74) is 1.05. The Balaban J connectivity index is 2.07. The molecule has 116 valence electrons. The van der Waals surface area contributed by atoms with Crippen LogP contribution < -0.4 is 5.69 Å². The van der Waals surface area contributed by atoms with E-state index < -0.39 is 18.2 Å². The van der Waals surface area contributed by atoms with E-state index in [9.17, 15) is 14.4 Å². The van der Waals surface area contributed by atoms with Crippen LogP contribution in [0.1, 0.15) is 10.4 Å². The number of hydrogen-bond acceptors (Lipinski definition) is 3. The molecule has 0 unspecified atom stereocenters. The van der Waals surface area contributed by atoms with Gasteiger partial charge in [-0.3, -0.25) is 18.7 Å². The Hall–Kier alpha value is -3.15. The van der Waals surface area contributed by atoms with Gasteiger partial charge in [0, 0.05) is 5.56 Å². The van der Waals surface area contributed by atoms with Crippen LogP contribution in [0, 0.1) is 0 Å². The number of nitrogens with zero attached hydrogens (tertiary/aromatic N) is 2. The van der Waals surface area contributed by atoms with Crippen LogP contribution in [0.2, 0.25) is 0 Å². The number of aromatic nitrogens is 2. The van der Waals surface area contributed by atoms with Gasteiger partial charge in [0.05, 0.1) is 17.6 Å². The van der Waals surface area contributed by atoms with Crippen LogP contribution >= 0.6 is 0 Å². The molecule has 0 radical (unpaired) electrons. The third-order valence-electron chi connectivity index (χ3n) is 3.62. The minimum absolute atomic E-state index is 0.129. The first-order valence-electron chi connectivity index (χ1n) is 7.06. The molecule has 23 heavy (non-hydrogen) atoms. The highest BCUT2D eigenvalue weighted by atomic mass is 16.4. The van der Waals surface area contributed by atoms with Gasteiger partial charge in [-0.1, -0.05) is 42.5 Å². The number of carboxylic acid groups (broad SMARTS) is 1. The third kappa shape index (κ3) is 2.78. The van der Waals surface area contributed by atoms with Crippen molar-refractivity contribution in [2.75, 3.05) is 0 Å². The molecule has 1 N–H and O–H groups in total. The number of hydrogen-bond donors (Lipinski definition) is 1. The second kappa shape index (κ2) is 5.92. The van der Waals surface area contributed by atoms with E-state index in [1.807, 2.05) is 6.07 Å². The van der Waals surface area contributed by atoms with E-state index in [0.29, 0.717) is 16.6 Å². The van der Waals surface area contributed by atoms with Crippen molar-refractivity contribution in [1.82, 2.24) is 9.13 Å². The SMILES string of the molecule is O=C(O)Cn1c(=O)n(CC(=O)c2ccccc2)c2ccccc21. The van der Waals surface area contributed by atoms with Gasteiger partial charge in [-0.15, -0.1) is 0 Å². The predicted octanol–water partition coefficient (Wildman–Crippen LogP) is 1.77. The molecule has 0 fully saturated rings. The van der Waals surface area contributed by atoms with Crippen molar-refractivity contribution < 1.29 is 14.7 Å². The summed E-state index contributed by atoms with van der Waals surface area (Å²) in [5.74, 6) is -1.31. The van der Waals surface area contributed by atoms with Crippen LogP contribution in [-0.4, -0.2) is 26.0 Å². The van der Waals surface area contributed by atoms with Crippen LogP contribution in [0.15, 0.2) is 59.4 Å². The summed E-state index contributed by atoms with van der Waals surface area (Å²) in [4.78, 5) is 35.8. The lowest BCUT2D eigenvalue weighted by molar-refractivity contribution is -0.137. The minimum Gasteiger partial charge on any atom is -0.480 e. The summed E-state index contributed by atoms with van der Waals surface area (Å²) in [6.07, 6.45) is 0. The molecule has 0 spiro atoms. The average Bonchev–Trinajstić information content (AvgIpc) is 2.81. The molecule has 3 aromatic rings. The highest BCUT2D eigenvalue weighted by Crippen LogP contribution is 2.13. The second-order valence-electron chi connectivity index (χ2n) is 5.13. The van der Waals surface area contributed by atoms with Gasteiger partial charge in [-0.2, -0.15) is 0 Å². The molecule has 0 amide bonds. The molecule has 0 aliphatic rings. The molecule has 0 aliphatic heterocycles. The van der Waals surface area contributed by atoms with Gasteiger partial charge in [0.2, 0.25) is 0 Å². The highest BCUT2D eigenvalue weighted by molar-refractivity contribution is 5.96. The van der Waals surface area contributed by atoms with Crippen molar-refractivity contribution in [2.24, 2.45) is 0 Å². The number of carbonyl (C=O) groups excluding carboxylic acids is 1. The first kappa shape index (κ1) is 14.8. The molecule has 0 bridgehead atoms. The van der Waals surface area contributed by atoms with Crippen LogP contribution in [0.25, 0.3) is 11.0 Å². The van der Waals surface area contributed by atoms with E-state index in [0.717, 1.165) is 4.57 Å². The number of ketones is 1. The van der Waals surface area contributed by atoms with Crippen molar-refractivity contribution in [2.45, 2.75) is 13.1 Å². The molecule has 0 aliphatic carbocycles. The fourth-order valence-corrected chi connectivity index (χ4v) is 2.57. The minimum atomic E-state index is -1.11. The predicted molar refractivity (Wildman–Crippen MR) is 84.6 cm³/mol. The summed E-state index contributed by atoms with van der Waals surface area (Å²) in [6, 6.07) is 15.5. The number of carboxylic acids is 1. The molecule has 6 heteroatoms. The fraction of sp³-hybridized carbons (Fsp3) is 0.118. The quantitative estimate of drug-likeness (QED) is 0.728. The first-order valence-corrected chi connectivity index (χ1v) is 7.06. The Morgan fingerprint density at radius 3 is 1.91 bits per heavy atom. The number of benzene rings is 2. The van der Waals surface area contributed by atoms with Crippen molar-refractivity contribution >= 4 is 22.8 Å². The van der Waals surface area contributed by atoms with Gasteiger partial charge in [-0.25, -0.2) is 4.79 Å². The van der Waals surface area contributed by atoms with Crippen molar-refractivity contribution in [1.29, 1.82) is 0 Å². The molecular formula is C17H14N2O4. The molecule has 2 aromatic carbocycles. The van der Waals surface area contributed by atoms with Gasteiger partial charge < -0.3 is 5.11 Å². The fourth-order valence-electron chi connectivity index (χ4n) is 2.57. The van der Waals surface area contributed by atoms with E-state index >= 15 is 0 Å². The Kier molecular flexibility index (Phi) is 3.80. The lowest BCUT2D eigenvalue weighted by atomic mass is 10.1. The highest BCUT2D eigenvalue weighted by Gasteiger charge is 2.17. The van der Waals surface area contributed by atoms with Crippen molar-refractivity contribution in [3.8, 4) is 0 Å². The molecule has 0 saturated heterocycles. The van der Waals surface area contributed by atoms with Crippen LogP contribution in [-0.2, 0) is 17.9 Å². The third-order valence-corrected chi connectivity index (χ3v) is 3.62. The molecule has 1 heterocycles. The second-order valence-corrected chi connectivity index (χ2v) is 5.13. The van der Waals surface area contributed by atoms with Gasteiger partial charge in [0.1, 0.15) is 6.54 Å². The Labute approximate surface area is 131 Å². The number of carbonyl (C=O) groups is 2. The average molecular weight is 310 g/mol. The smallest absolute Gasteiger partial charge is 0.330 e. The zero-order valence-electron chi connectivity index (χ0n) is 12.2. The summed E-state index contributed by atoms with van der Waals surface area (Å²) in [5, 5.41) is 8.98. The Morgan fingerprint density at radius 1 is 0.826 bits per heavy atom. The maximum atomic E-state index is 12.5. The molecule has 1 aromatic heterocycles. The number of imidazole rings is 1. The summed E-state index contributed by atoms with van der Waals surface area (Å²) in [6.45, 7) is -0.568. The van der Waals surface area contributed by atoms with Gasteiger partial charge in [0.15, 0.2) is 5.78 Å². The monoisotopic (exact) mass is 310 g/mol. The number of Topliss-reactive ketones (excluding diaryl/α,β-unsaturated/α-hetero) is 1. The van der Waals surface area contributed by atoms with E-state index in [4.69, 9.17) is 5.11 Å². The molecule has 3 rings (SSSR count).